The van der Waals surface area contributed by atoms with Gasteiger partial charge >= 0.3 is 12.3 Å². The average Bonchev–Trinajstić information content (AvgIpc) is 3.05. The van der Waals surface area contributed by atoms with Crippen molar-refractivity contribution in [3.63, 3.8) is 0 Å². The highest BCUT2D eigenvalue weighted by molar-refractivity contribution is 5.96. The number of likely N-dealkylation sites (tertiary alicyclic amines) is 2. The van der Waals surface area contributed by atoms with Gasteiger partial charge in [0, 0.05) is 43.8 Å². The molecule has 2 fully saturated rings. The summed E-state index contributed by atoms with van der Waals surface area (Å²) in [5.74, 6) is -1.16. The molecule has 3 amide bonds. The quantitative estimate of drug-likeness (QED) is 0.630. The second-order valence-electron chi connectivity index (χ2n) is 8.16. The number of rotatable bonds is 5. The van der Waals surface area contributed by atoms with Crippen molar-refractivity contribution >= 4 is 17.9 Å². The summed E-state index contributed by atoms with van der Waals surface area (Å²) in [6, 6.07) is 4.21. The fraction of sp³-hybridized carbons (Fsp3) is 0.571. The molecule has 2 atom stereocenters. The Hall–Kier alpha value is -2.82. The van der Waals surface area contributed by atoms with Crippen molar-refractivity contribution in [2.75, 3.05) is 32.7 Å². The smallest absolute Gasteiger partial charge is 0.416 e. The molecule has 11 heteroatoms. The predicted molar refractivity (Wildman–Crippen MR) is 109 cm³/mol. The zero-order valence-electron chi connectivity index (χ0n) is 17.5. The molecule has 0 bridgehead atoms. The van der Waals surface area contributed by atoms with E-state index in [4.69, 9.17) is 5.11 Å². The molecule has 32 heavy (non-hydrogen) atoms. The van der Waals surface area contributed by atoms with Crippen molar-refractivity contribution in [3.05, 3.63) is 35.4 Å². The zero-order valence-corrected chi connectivity index (χ0v) is 17.5. The van der Waals surface area contributed by atoms with Gasteiger partial charge in [-0.15, -0.1) is 0 Å². The number of nitrogens with zero attached hydrogens (tertiary/aromatic N) is 2. The van der Waals surface area contributed by atoms with Crippen molar-refractivity contribution < 1.29 is 32.7 Å². The zero-order chi connectivity index (χ0) is 23.3. The molecule has 2 aliphatic heterocycles. The van der Waals surface area contributed by atoms with E-state index in [1.165, 1.54) is 11.0 Å². The Labute approximate surface area is 183 Å². The Morgan fingerprint density at radius 3 is 2.59 bits per heavy atom. The number of nitrogens with one attached hydrogen (secondary N) is 2. The maximum Gasteiger partial charge on any atom is 0.416 e. The summed E-state index contributed by atoms with van der Waals surface area (Å²) in [6.45, 7) is 2.13. The number of benzene rings is 1. The molecule has 1 aromatic rings. The molecular formula is C21H27F3N4O4. The Balaban J connectivity index is 1.43. The Morgan fingerprint density at radius 1 is 1.09 bits per heavy atom. The van der Waals surface area contributed by atoms with Crippen molar-refractivity contribution in [2.45, 2.75) is 43.9 Å². The van der Waals surface area contributed by atoms with Gasteiger partial charge in [-0.2, -0.15) is 13.2 Å². The number of hydrogen-bond acceptors (Lipinski definition) is 4. The Kier molecular flexibility index (Phi) is 7.60. The predicted octanol–water partition coefficient (Wildman–Crippen LogP) is 2.16. The normalized spacial score (nSPS) is 22.3. The number of carbonyl (C=O) groups excluding carboxylic acids is 2. The standard InChI is InChI=1S/C21H27F3N4O4/c22-21(23,24)15-4-1-3-14(11-15)19(30)25-12-18(29)26-16-6-9-28(13-16)17-5-2-8-27(10-7-17)20(31)32/h1,3-4,11,16-17H,2,5-10,12-13H2,(H,25,30)(H,26,29)(H,31,32)/t16-,17?/m1/s1. The molecule has 8 nitrogen and oxygen atoms in total. The highest BCUT2D eigenvalue weighted by Crippen LogP contribution is 2.29. The molecule has 3 rings (SSSR count). The molecule has 2 saturated heterocycles. The van der Waals surface area contributed by atoms with Gasteiger partial charge in [0.25, 0.3) is 5.91 Å². The highest BCUT2D eigenvalue weighted by Gasteiger charge is 2.32. The highest BCUT2D eigenvalue weighted by atomic mass is 19.4. The number of halogens is 3. The van der Waals surface area contributed by atoms with Gasteiger partial charge in [0.1, 0.15) is 0 Å². The van der Waals surface area contributed by atoms with E-state index in [1.807, 2.05) is 0 Å². The summed E-state index contributed by atoms with van der Waals surface area (Å²) in [5, 5.41) is 14.4. The Bertz CT molecular complexity index is 849. The molecule has 0 saturated carbocycles. The fourth-order valence-corrected chi connectivity index (χ4v) is 4.25. The van der Waals surface area contributed by atoms with Crippen LogP contribution in [0.15, 0.2) is 24.3 Å². The lowest BCUT2D eigenvalue weighted by atomic mass is 10.1. The van der Waals surface area contributed by atoms with Crippen molar-refractivity contribution in [1.82, 2.24) is 20.4 Å². The van der Waals surface area contributed by atoms with Crippen LogP contribution in [-0.2, 0) is 11.0 Å². The molecular weight excluding hydrogens is 429 g/mol. The largest absolute Gasteiger partial charge is 0.465 e. The first-order valence-electron chi connectivity index (χ1n) is 10.6. The second kappa shape index (κ2) is 10.2. The second-order valence-corrected chi connectivity index (χ2v) is 8.16. The molecule has 176 valence electrons. The maximum atomic E-state index is 12.8. The van der Waals surface area contributed by atoms with Gasteiger partial charge in [0.05, 0.1) is 12.1 Å². The molecule has 0 aromatic heterocycles. The van der Waals surface area contributed by atoms with Crippen molar-refractivity contribution in [3.8, 4) is 0 Å². The van der Waals surface area contributed by atoms with Gasteiger partial charge in [-0.3, -0.25) is 14.5 Å². The van der Waals surface area contributed by atoms with Crippen LogP contribution in [0.2, 0.25) is 0 Å². The van der Waals surface area contributed by atoms with Gasteiger partial charge in [-0.1, -0.05) is 6.07 Å². The number of hydrogen-bond donors (Lipinski definition) is 3. The van der Waals surface area contributed by atoms with E-state index < -0.39 is 29.6 Å². The summed E-state index contributed by atoms with van der Waals surface area (Å²) in [4.78, 5) is 39.2. The number of carbonyl (C=O) groups is 3. The third-order valence-electron chi connectivity index (χ3n) is 5.93. The molecule has 1 unspecified atom stereocenters. The minimum atomic E-state index is -4.55. The van der Waals surface area contributed by atoms with Crippen LogP contribution >= 0.6 is 0 Å². The lowest BCUT2D eigenvalue weighted by molar-refractivity contribution is -0.137. The fourth-order valence-electron chi connectivity index (χ4n) is 4.25. The summed E-state index contributed by atoms with van der Waals surface area (Å²) < 4.78 is 38.4. The molecule has 2 heterocycles. The van der Waals surface area contributed by atoms with Gasteiger partial charge in [-0.25, -0.2) is 4.79 Å². The molecule has 3 N–H and O–H groups in total. The number of carboxylic acid groups (broad SMARTS) is 1. The third-order valence-corrected chi connectivity index (χ3v) is 5.93. The molecule has 0 spiro atoms. The van der Waals surface area contributed by atoms with Gasteiger partial charge in [-0.05, 0) is 43.9 Å². The number of amides is 3. The molecule has 0 radical (unpaired) electrons. The first kappa shape index (κ1) is 23.8. The summed E-state index contributed by atoms with van der Waals surface area (Å²) in [5.41, 5.74) is -1.09. The lowest BCUT2D eigenvalue weighted by Gasteiger charge is -2.26. The first-order chi connectivity index (χ1) is 15.1. The first-order valence-corrected chi connectivity index (χ1v) is 10.6. The van der Waals surface area contributed by atoms with Crippen LogP contribution in [0.25, 0.3) is 0 Å². The Morgan fingerprint density at radius 2 is 1.88 bits per heavy atom. The van der Waals surface area contributed by atoms with E-state index in [0.717, 1.165) is 50.4 Å². The van der Waals surface area contributed by atoms with Crippen molar-refractivity contribution in [1.29, 1.82) is 0 Å². The van der Waals surface area contributed by atoms with Gasteiger partial charge < -0.3 is 20.6 Å². The molecule has 1 aromatic carbocycles. The van der Waals surface area contributed by atoms with Crippen LogP contribution < -0.4 is 10.6 Å². The van der Waals surface area contributed by atoms with Crippen LogP contribution in [-0.4, -0.2) is 77.6 Å². The van der Waals surface area contributed by atoms with E-state index >= 15 is 0 Å². The van der Waals surface area contributed by atoms with Crippen LogP contribution in [0, 0.1) is 0 Å². The van der Waals surface area contributed by atoms with E-state index in [9.17, 15) is 27.6 Å². The molecule has 2 aliphatic rings. The van der Waals surface area contributed by atoms with E-state index in [2.05, 4.69) is 15.5 Å². The van der Waals surface area contributed by atoms with E-state index in [0.29, 0.717) is 19.6 Å². The lowest BCUT2D eigenvalue weighted by Crippen LogP contribution is -2.44. The van der Waals surface area contributed by atoms with Gasteiger partial charge in [0.15, 0.2) is 0 Å². The van der Waals surface area contributed by atoms with Crippen LogP contribution in [0.3, 0.4) is 0 Å². The van der Waals surface area contributed by atoms with E-state index in [1.54, 1.807) is 0 Å². The van der Waals surface area contributed by atoms with Crippen LogP contribution in [0.1, 0.15) is 41.6 Å². The summed E-state index contributed by atoms with van der Waals surface area (Å²) in [7, 11) is 0. The van der Waals surface area contributed by atoms with E-state index in [-0.39, 0.29) is 24.2 Å². The monoisotopic (exact) mass is 456 g/mol. The summed E-state index contributed by atoms with van der Waals surface area (Å²) in [6.07, 6.45) is -2.26. The average molecular weight is 456 g/mol. The topological polar surface area (TPSA) is 102 Å². The minimum Gasteiger partial charge on any atom is -0.465 e. The maximum absolute atomic E-state index is 12.8. The SMILES string of the molecule is O=C(CNC(=O)c1cccc(C(F)(F)F)c1)N[C@@H]1CCN(C2CCCN(C(=O)O)CC2)C1. The molecule has 0 aliphatic carbocycles. The van der Waals surface area contributed by atoms with Crippen molar-refractivity contribution in [2.24, 2.45) is 0 Å². The third kappa shape index (κ3) is 6.35. The minimum absolute atomic E-state index is 0.0909. The van der Waals surface area contributed by atoms with Gasteiger partial charge in [0.2, 0.25) is 5.91 Å². The summed E-state index contributed by atoms with van der Waals surface area (Å²) >= 11 is 0. The number of alkyl halides is 3. The van der Waals surface area contributed by atoms with Crippen LogP contribution in [0.5, 0.6) is 0 Å². The van der Waals surface area contributed by atoms with Crippen LogP contribution in [0.4, 0.5) is 18.0 Å².